The number of nitrogens with zero attached hydrogens (tertiary/aromatic N) is 2. The first kappa shape index (κ1) is 15.8. The molecular formula is C12H11N3O6S. The number of carbonyl (C=O) groups excluding carboxylic acids is 3. The van der Waals surface area contributed by atoms with E-state index in [1.165, 1.54) is 19.2 Å². The zero-order valence-electron chi connectivity index (χ0n) is 11.4. The van der Waals surface area contributed by atoms with Crippen molar-refractivity contribution >= 4 is 40.2 Å². The van der Waals surface area contributed by atoms with Crippen LogP contribution < -0.4 is 10.1 Å². The molecule has 0 aromatic heterocycles. The number of imide groups is 1. The Hall–Kier alpha value is -2.62. The summed E-state index contributed by atoms with van der Waals surface area (Å²) in [6.07, 6.45) is 0. The number of methoxy groups -OCH3 is 1. The van der Waals surface area contributed by atoms with Gasteiger partial charge in [0.2, 0.25) is 11.8 Å². The minimum atomic E-state index is -0.697. The maximum Gasteiger partial charge on any atom is 0.296 e. The first-order valence-corrected chi connectivity index (χ1v) is 7.00. The van der Waals surface area contributed by atoms with Gasteiger partial charge in [-0.15, -0.1) is 0 Å². The molecule has 1 fully saturated rings. The molecule has 0 atom stereocenters. The highest BCUT2D eigenvalue weighted by molar-refractivity contribution is 8.14. The van der Waals surface area contributed by atoms with Crippen molar-refractivity contribution in [3.05, 3.63) is 28.3 Å². The molecular weight excluding hydrogens is 314 g/mol. The van der Waals surface area contributed by atoms with Gasteiger partial charge in [0.05, 0.1) is 23.9 Å². The van der Waals surface area contributed by atoms with Crippen molar-refractivity contribution in [2.75, 3.05) is 24.7 Å². The highest BCUT2D eigenvalue weighted by Crippen LogP contribution is 2.29. The predicted octanol–water partition coefficient (Wildman–Crippen LogP) is 1.24. The molecule has 22 heavy (non-hydrogen) atoms. The molecule has 0 saturated carbocycles. The Bertz CT molecular complexity index is 646. The van der Waals surface area contributed by atoms with E-state index in [0.29, 0.717) is 0 Å². The fourth-order valence-corrected chi connectivity index (χ4v) is 2.49. The number of hydrogen-bond acceptors (Lipinski definition) is 7. The van der Waals surface area contributed by atoms with Gasteiger partial charge in [-0.25, -0.2) is 0 Å². The van der Waals surface area contributed by atoms with E-state index in [0.717, 1.165) is 22.7 Å². The van der Waals surface area contributed by atoms with Gasteiger partial charge in [0.1, 0.15) is 18.0 Å². The van der Waals surface area contributed by atoms with Crippen LogP contribution >= 0.6 is 11.8 Å². The highest BCUT2D eigenvalue weighted by Gasteiger charge is 2.31. The molecule has 2 rings (SSSR count). The SMILES string of the molecule is COc1ccc(NC(=O)CN2C(=O)CSC2=O)c([N+](=O)[O-])c1. The molecule has 1 N–H and O–H groups in total. The first-order valence-electron chi connectivity index (χ1n) is 6.01. The first-order chi connectivity index (χ1) is 10.4. The summed E-state index contributed by atoms with van der Waals surface area (Å²) in [5, 5.41) is 12.8. The maximum absolute atomic E-state index is 11.9. The van der Waals surface area contributed by atoms with Crippen LogP contribution in [-0.2, 0) is 9.59 Å². The van der Waals surface area contributed by atoms with Crippen molar-refractivity contribution in [2.45, 2.75) is 0 Å². The normalized spacial score (nSPS) is 14.1. The lowest BCUT2D eigenvalue weighted by molar-refractivity contribution is -0.384. The fourth-order valence-electron chi connectivity index (χ4n) is 1.76. The Kier molecular flexibility index (Phi) is 4.61. The van der Waals surface area contributed by atoms with Gasteiger partial charge in [-0.3, -0.25) is 29.4 Å². The van der Waals surface area contributed by atoms with Crippen LogP contribution in [0.15, 0.2) is 18.2 Å². The largest absolute Gasteiger partial charge is 0.496 e. The van der Waals surface area contributed by atoms with Crippen LogP contribution in [0.2, 0.25) is 0 Å². The number of nitro benzene ring substituents is 1. The van der Waals surface area contributed by atoms with Crippen LogP contribution in [0.4, 0.5) is 16.2 Å². The molecule has 0 spiro atoms. The summed E-state index contributed by atoms with van der Waals surface area (Å²) in [6.45, 7) is -0.478. The molecule has 10 heteroatoms. The average molecular weight is 325 g/mol. The average Bonchev–Trinajstić information content (AvgIpc) is 2.79. The molecule has 1 heterocycles. The Balaban J connectivity index is 2.13. The van der Waals surface area contributed by atoms with E-state index in [1.807, 2.05) is 0 Å². The molecule has 0 bridgehead atoms. The number of thioether (sulfide) groups is 1. The Morgan fingerprint density at radius 3 is 2.77 bits per heavy atom. The van der Waals surface area contributed by atoms with E-state index in [-0.39, 0.29) is 22.9 Å². The van der Waals surface area contributed by atoms with Gasteiger partial charge in [0.15, 0.2) is 0 Å². The second kappa shape index (κ2) is 6.43. The third-order valence-electron chi connectivity index (χ3n) is 2.82. The van der Waals surface area contributed by atoms with Crippen molar-refractivity contribution in [1.82, 2.24) is 4.90 Å². The summed E-state index contributed by atoms with van der Waals surface area (Å²) in [7, 11) is 1.36. The Labute approximate surface area is 128 Å². The summed E-state index contributed by atoms with van der Waals surface area (Å²) < 4.78 is 4.88. The molecule has 0 radical (unpaired) electrons. The van der Waals surface area contributed by atoms with E-state index in [2.05, 4.69) is 5.32 Å². The van der Waals surface area contributed by atoms with E-state index in [9.17, 15) is 24.5 Å². The van der Waals surface area contributed by atoms with Crippen molar-refractivity contribution in [3.8, 4) is 5.75 Å². The molecule has 0 unspecified atom stereocenters. The number of hydrogen-bond donors (Lipinski definition) is 1. The standard InChI is InChI=1S/C12H11N3O6S/c1-21-7-2-3-8(9(4-7)15(19)20)13-10(16)5-14-11(17)6-22-12(14)18/h2-4H,5-6H2,1H3,(H,13,16). The van der Waals surface area contributed by atoms with Crippen molar-refractivity contribution < 1.29 is 24.0 Å². The van der Waals surface area contributed by atoms with Crippen LogP contribution in [0.25, 0.3) is 0 Å². The van der Waals surface area contributed by atoms with Gasteiger partial charge in [-0.2, -0.15) is 0 Å². The summed E-state index contributed by atoms with van der Waals surface area (Å²) >= 11 is 0.807. The van der Waals surface area contributed by atoms with Crippen molar-refractivity contribution in [2.24, 2.45) is 0 Å². The molecule has 1 saturated heterocycles. The third-order valence-corrected chi connectivity index (χ3v) is 3.68. The summed E-state index contributed by atoms with van der Waals surface area (Å²) in [5.74, 6) is -0.896. The molecule has 1 aromatic rings. The van der Waals surface area contributed by atoms with E-state index in [1.54, 1.807) is 0 Å². The monoisotopic (exact) mass is 325 g/mol. The van der Waals surface area contributed by atoms with Crippen LogP contribution in [0.1, 0.15) is 0 Å². The number of nitro groups is 1. The lowest BCUT2D eigenvalue weighted by Crippen LogP contribution is -2.36. The Morgan fingerprint density at radius 2 is 2.23 bits per heavy atom. The maximum atomic E-state index is 11.9. The van der Waals surface area contributed by atoms with Gasteiger partial charge in [0.25, 0.3) is 10.9 Å². The number of carbonyl (C=O) groups is 3. The number of rotatable bonds is 5. The second-order valence-corrected chi connectivity index (χ2v) is 5.15. The minimum absolute atomic E-state index is 0.00516. The topological polar surface area (TPSA) is 119 Å². The van der Waals surface area contributed by atoms with Gasteiger partial charge >= 0.3 is 0 Å². The van der Waals surface area contributed by atoms with E-state index >= 15 is 0 Å². The third kappa shape index (κ3) is 3.34. The summed E-state index contributed by atoms with van der Waals surface area (Å²) in [6, 6.07) is 3.93. The molecule has 9 nitrogen and oxygen atoms in total. The van der Waals surface area contributed by atoms with Crippen LogP contribution in [0.5, 0.6) is 5.75 Å². The van der Waals surface area contributed by atoms with Gasteiger partial charge in [-0.05, 0) is 12.1 Å². The quantitative estimate of drug-likeness (QED) is 0.639. The Morgan fingerprint density at radius 1 is 1.50 bits per heavy atom. The fraction of sp³-hybridized carbons (Fsp3) is 0.250. The van der Waals surface area contributed by atoms with Gasteiger partial charge in [-0.1, -0.05) is 11.8 Å². The molecule has 1 aliphatic rings. The van der Waals surface area contributed by atoms with Crippen molar-refractivity contribution in [1.29, 1.82) is 0 Å². The zero-order chi connectivity index (χ0) is 16.3. The number of amides is 3. The number of anilines is 1. The second-order valence-electron chi connectivity index (χ2n) is 4.22. The van der Waals surface area contributed by atoms with E-state index in [4.69, 9.17) is 4.74 Å². The smallest absolute Gasteiger partial charge is 0.296 e. The van der Waals surface area contributed by atoms with Crippen LogP contribution in [0, 0.1) is 10.1 Å². The summed E-state index contributed by atoms with van der Waals surface area (Å²) in [4.78, 5) is 45.8. The highest BCUT2D eigenvalue weighted by atomic mass is 32.2. The number of nitrogens with one attached hydrogen (secondary N) is 1. The van der Waals surface area contributed by atoms with Crippen LogP contribution in [0.3, 0.4) is 0 Å². The zero-order valence-corrected chi connectivity index (χ0v) is 12.2. The lowest BCUT2D eigenvalue weighted by atomic mass is 10.2. The lowest BCUT2D eigenvalue weighted by Gasteiger charge is -2.13. The molecule has 3 amide bonds. The minimum Gasteiger partial charge on any atom is -0.496 e. The molecule has 1 aliphatic heterocycles. The van der Waals surface area contributed by atoms with Gasteiger partial charge in [0, 0.05) is 0 Å². The van der Waals surface area contributed by atoms with E-state index < -0.39 is 28.5 Å². The predicted molar refractivity (Wildman–Crippen MR) is 77.8 cm³/mol. The number of ether oxygens (including phenoxy) is 1. The molecule has 1 aromatic carbocycles. The molecule has 116 valence electrons. The van der Waals surface area contributed by atoms with Crippen molar-refractivity contribution in [3.63, 3.8) is 0 Å². The van der Waals surface area contributed by atoms with Crippen LogP contribution in [-0.4, -0.2) is 46.3 Å². The number of benzene rings is 1. The van der Waals surface area contributed by atoms with Gasteiger partial charge < -0.3 is 10.1 Å². The molecule has 0 aliphatic carbocycles. The summed E-state index contributed by atoms with van der Waals surface area (Å²) in [5.41, 5.74) is -0.385.